The van der Waals surface area contributed by atoms with Crippen LogP contribution in [0.15, 0.2) is 161 Å². The molecule has 0 radical (unpaired) electrons. The predicted octanol–water partition coefficient (Wildman–Crippen LogP) is 9.86. The second-order valence-corrected chi connectivity index (χ2v) is 11.0. The van der Waals surface area contributed by atoms with Crippen molar-refractivity contribution in [3.05, 3.63) is 174 Å². The van der Waals surface area contributed by atoms with Crippen LogP contribution in [-0.4, -0.2) is 5.71 Å². The molecule has 1 aromatic heterocycles. The van der Waals surface area contributed by atoms with E-state index in [4.69, 9.17) is 15.1 Å². The van der Waals surface area contributed by atoms with Crippen LogP contribution in [-0.2, 0) is 6.54 Å². The largest absolute Gasteiger partial charge is 0.454 e. The zero-order valence-electron chi connectivity index (χ0n) is 25.0. The zero-order valence-corrected chi connectivity index (χ0v) is 25.0. The fraction of sp³-hybridized carbons (Fsp3) is 0.0244. The number of hydrogen-bond acceptors (Lipinski definition) is 5. The van der Waals surface area contributed by atoms with Crippen molar-refractivity contribution < 1.29 is 4.42 Å². The highest BCUT2D eigenvalue weighted by atomic mass is 16.3. The minimum atomic E-state index is 0.444. The summed E-state index contributed by atoms with van der Waals surface area (Å²) < 4.78 is 6.41. The van der Waals surface area contributed by atoms with Crippen molar-refractivity contribution in [1.82, 2.24) is 0 Å². The van der Waals surface area contributed by atoms with E-state index in [1.54, 1.807) is 6.07 Å². The molecule has 0 bridgehead atoms. The van der Waals surface area contributed by atoms with Crippen LogP contribution in [0.2, 0.25) is 0 Å². The second-order valence-electron chi connectivity index (χ2n) is 11.0. The van der Waals surface area contributed by atoms with Crippen LogP contribution >= 0.6 is 0 Å². The van der Waals surface area contributed by atoms with Crippen molar-refractivity contribution in [2.24, 2.45) is 10.7 Å². The van der Waals surface area contributed by atoms with Crippen molar-refractivity contribution in [3.63, 3.8) is 0 Å². The van der Waals surface area contributed by atoms with E-state index in [1.807, 2.05) is 91.0 Å². The van der Waals surface area contributed by atoms with Gasteiger partial charge in [-0.1, -0.05) is 109 Å². The molecule has 0 aliphatic heterocycles. The van der Waals surface area contributed by atoms with Crippen LogP contribution in [0.25, 0.3) is 38.8 Å². The fourth-order valence-corrected chi connectivity index (χ4v) is 5.62. The minimum absolute atomic E-state index is 0.444. The number of nitrogens with zero attached hydrogens (tertiary/aromatic N) is 2. The maximum Gasteiger partial charge on any atom is 0.159 e. The van der Waals surface area contributed by atoms with Crippen LogP contribution < -0.4 is 11.1 Å². The maximum atomic E-state index is 9.48. The van der Waals surface area contributed by atoms with Crippen molar-refractivity contribution in [2.75, 3.05) is 5.32 Å². The number of allylic oxidation sites excluding steroid dienone is 1. The average Bonchev–Trinajstić information content (AvgIpc) is 3.51. The lowest BCUT2D eigenvalue weighted by molar-refractivity contribution is 0.670. The number of hydrogen-bond donors (Lipinski definition) is 2. The number of benzene rings is 6. The highest BCUT2D eigenvalue weighted by Gasteiger charge is 2.16. The molecule has 5 nitrogen and oxygen atoms in total. The van der Waals surface area contributed by atoms with E-state index in [2.05, 4.69) is 66.0 Å². The van der Waals surface area contributed by atoms with E-state index in [0.717, 1.165) is 61.1 Å². The number of rotatable bonds is 8. The predicted molar refractivity (Wildman–Crippen MR) is 189 cm³/mol. The molecule has 0 spiro atoms. The summed E-state index contributed by atoms with van der Waals surface area (Å²) in [6.07, 6.45) is 1.88. The molecule has 0 fully saturated rings. The summed E-state index contributed by atoms with van der Waals surface area (Å²) in [6, 6.07) is 50.5. The molecule has 1 heterocycles. The quantitative estimate of drug-likeness (QED) is 0.171. The van der Waals surface area contributed by atoms with Gasteiger partial charge >= 0.3 is 0 Å². The van der Waals surface area contributed by atoms with E-state index in [0.29, 0.717) is 23.5 Å². The summed E-state index contributed by atoms with van der Waals surface area (Å²) in [4.78, 5) is 4.95. The first-order chi connectivity index (χ1) is 22.7. The molecule has 6 aromatic carbocycles. The summed E-state index contributed by atoms with van der Waals surface area (Å²) in [5.41, 5.74) is 16.9. The van der Waals surface area contributed by atoms with E-state index < -0.39 is 0 Å². The van der Waals surface area contributed by atoms with Gasteiger partial charge in [0.2, 0.25) is 0 Å². The number of nitriles is 1. The van der Waals surface area contributed by atoms with Crippen molar-refractivity contribution in [3.8, 4) is 17.2 Å². The van der Waals surface area contributed by atoms with Gasteiger partial charge in [0.25, 0.3) is 0 Å². The Balaban J connectivity index is 1.21. The molecule has 0 saturated carbocycles. The van der Waals surface area contributed by atoms with E-state index in [1.165, 1.54) is 0 Å². The van der Waals surface area contributed by atoms with Crippen LogP contribution in [0.3, 0.4) is 0 Å². The summed E-state index contributed by atoms with van der Waals surface area (Å²) in [5.74, 6) is 0. The molecular weight excluding hydrogens is 564 g/mol. The molecule has 0 amide bonds. The third kappa shape index (κ3) is 5.88. The third-order valence-corrected chi connectivity index (χ3v) is 7.97. The molecule has 0 atom stereocenters. The minimum Gasteiger partial charge on any atom is -0.454 e. The molecule has 0 aliphatic carbocycles. The smallest absolute Gasteiger partial charge is 0.159 e. The lowest BCUT2D eigenvalue weighted by Gasteiger charge is -2.14. The highest BCUT2D eigenvalue weighted by molar-refractivity contribution is 6.13. The van der Waals surface area contributed by atoms with Crippen LogP contribution in [0, 0.1) is 11.3 Å². The highest BCUT2D eigenvalue weighted by Crippen LogP contribution is 2.41. The number of furan rings is 1. The molecule has 3 N–H and O–H groups in total. The molecular formula is C41H30N4O. The van der Waals surface area contributed by atoms with Gasteiger partial charge in [-0.25, -0.2) is 0 Å². The summed E-state index contributed by atoms with van der Waals surface area (Å²) in [6.45, 7) is 0.444. The number of para-hydroxylation sites is 1. The first-order valence-corrected chi connectivity index (χ1v) is 15.1. The van der Waals surface area contributed by atoms with E-state index >= 15 is 0 Å². The molecule has 0 unspecified atom stereocenters. The van der Waals surface area contributed by atoms with Gasteiger partial charge in [-0.15, -0.1) is 0 Å². The Hall–Kier alpha value is -6.38. The normalized spacial score (nSPS) is 11.9. The van der Waals surface area contributed by atoms with Gasteiger partial charge in [0.1, 0.15) is 5.58 Å². The first-order valence-electron chi connectivity index (χ1n) is 15.1. The Kier molecular flexibility index (Phi) is 7.84. The Bertz CT molecular complexity index is 2260. The molecule has 220 valence electrons. The first kappa shape index (κ1) is 28.4. The Labute approximate surface area is 267 Å². The number of anilines is 2. The Morgan fingerprint density at radius 3 is 2.24 bits per heavy atom. The van der Waals surface area contributed by atoms with Crippen molar-refractivity contribution in [2.45, 2.75) is 6.54 Å². The standard InChI is InChI=1S/C41H30N4O/c42-26-29-10-9-15-32(24-29)38(25-37(43)31-13-5-2-6-14-31)44-27-28-18-20-33(21-19-28)45-40-34(30-11-3-1-4-12-30)22-23-36-35-16-7-8-17-39(35)46-41(36)40/h1-25,45H,27,43H2. The molecule has 0 saturated heterocycles. The molecule has 5 heteroatoms. The molecule has 7 rings (SSSR count). The third-order valence-electron chi connectivity index (χ3n) is 7.97. The number of aliphatic imine (C=N–C) groups is 1. The topological polar surface area (TPSA) is 87.3 Å². The maximum absolute atomic E-state index is 9.48. The molecule has 0 aliphatic rings. The van der Waals surface area contributed by atoms with Gasteiger partial charge in [0.05, 0.1) is 29.6 Å². The lowest BCUT2D eigenvalue weighted by atomic mass is 10.0. The van der Waals surface area contributed by atoms with Crippen LogP contribution in [0.1, 0.15) is 22.3 Å². The monoisotopic (exact) mass is 594 g/mol. The van der Waals surface area contributed by atoms with Crippen LogP contribution in [0.5, 0.6) is 0 Å². The summed E-state index contributed by atoms with van der Waals surface area (Å²) in [5, 5.41) is 15.3. The van der Waals surface area contributed by atoms with Gasteiger partial charge in [-0.3, -0.25) is 4.99 Å². The van der Waals surface area contributed by atoms with Gasteiger partial charge in [-0.05, 0) is 59.2 Å². The van der Waals surface area contributed by atoms with Crippen LogP contribution in [0.4, 0.5) is 11.4 Å². The average molecular weight is 595 g/mol. The summed E-state index contributed by atoms with van der Waals surface area (Å²) >= 11 is 0. The van der Waals surface area contributed by atoms with E-state index in [-0.39, 0.29) is 0 Å². The summed E-state index contributed by atoms with van der Waals surface area (Å²) in [7, 11) is 0. The van der Waals surface area contributed by atoms with Crippen molar-refractivity contribution in [1.29, 1.82) is 5.26 Å². The second kappa shape index (κ2) is 12.7. The molecule has 46 heavy (non-hydrogen) atoms. The Morgan fingerprint density at radius 2 is 1.46 bits per heavy atom. The number of nitrogens with two attached hydrogens (primary N) is 1. The fourth-order valence-electron chi connectivity index (χ4n) is 5.62. The van der Waals surface area contributed by atoms with Gasteiger partial charge < -0.3 is 15.5 Å². The van der Waals surface area contributed by atoms with E-state index in [9.17, 15) is 5.26 Å². The van der Waals surface area contributed by atoms with Gasteiger partial charge in [0.15, 0.2) is 5.58 Å². The number of nitrogens with one attached hydrogen (secondary N) is 1. The lowest BCUT2D eigenvalue weighted by Crippen LogP contribution is -2.05. The molecule has 7 aromatic rings. The number of fused-ring (bicyclic) bond motifs is 3. The zero-order chi connectivity index (χ0) is 31.3. The van der Waals surface area contributed by atoms with Gasteiger partial charge in [0, 0.05) is 33.3 Å². The SMILES string of the molecule is N#Cc1cccc(C(C=C(N)c2ccccc2)=NCc2ccc(Nc3c(-c4ccccc4)ccc4c3oc3ccccc34)cc2)c1. The van der Waals surface area contributed by atoms with Gasteiger partial charge in [-0.2, -0.15) is 5.26 Å². The Morgan fingerprint density at radius 1 is 0.739 bits per heavy atom. The van der Waals surface area contributed by atoms with Crippen molar-refractivity contribution >= 4 is 44.7 Å².